The highest BCUT2D eigenvalue weighted by atomic mass is 32.1. The number of aromatic nitrogens is 1. The van der Waals surface area contributed by atoms with Crippen LogP contribution in [0.15, 0.2) is 60.0 Å². The second kappa shape index (κ2) is 10.9. The smallest absolute Gasteiger partial charge is 0.410 e. The number of hydrogen-bond acceptors (Lipinski definition) is 6. The molecule has 3 aromatic rings. The molecule has 8 nitrogen and oxygen atoms in total. The standard InChI is InChI=1S/C25H26N4O4S/c1-2-22(30)26-19-12-10-18(11-13-19)20-16-34-24(27-20)28-23(31)21-9-6-14-29(21)25(32)33-15-17-7-4-3-5-8-17/h3-5,7-8,10-13,16,21H,2,6,9,14-15H2,1H3,(H,26,30)(H,27,28,31). The van der Waals surface area contributed by atoms with Crippen molar-refractivity contribution in [3.8, 4) is 11.3 Å². The summed E-state index contributed by atoms with van der Waals surface area (Å²) in [6.07, 6.45) is 1.24. The summed E-state index contributed by atoms with van der Waals surface area (Å²) in [5, 5.41) is 7.97. The minimum absolute atomic E-state index is 0.0451. The highest BCUT2D eigenvalue weighted by Gasteiger charge is 2.35. The van der Waals surface area contributed by atoms with Crippen molar-refractivity contribution in [2.24, 2.45) is 0 Å². The minimum Gasteiger partial charge on any atom is -0.445 e. The van der Waals surface area contributed by atoms with E-state index in [4.69, 9.17) is 4.74 Å². The first-order chi connectivity index (χ1) is 16.5. The molecular weight excluding hydrogens is 452 g/mol. The fourth-order valence-electron chi connectivity index (χ4n) is 3.69. The Bertz CT molecular complexity index is 1150. The summed E-state index contributed by atoms with van der Waals surface area (Å²) in [5.74, 6) is -0.316. The van der Waals surface area contributed by atoms with Gasteiger partial charge in [0.1, 0.15) is 12.6 Å². The van der Waals surface area contributed by atoms with Gasteiger partial charge < -0.3 is 15.4 Å². The van der Waals surface area contributed by atoms with Gasteiger partial charge in [0.2, 0.25) is 11.8 Å². The molecule has 1 unspecified atom stereocenters. The summed E-state index contributed by atoms with van der Waals surface area (Å²) in [6, 6.07) is 16.2. The van der Waals surface area contributed by atoms with Crippen LogP contribution < -0.4 is 10.6 Å². The topological polar surface area (TPSA) is 101 Å². The van der Waals surface area contributed by atoms with Crippen LogP contribution in [-0.4, -0.2) is 40.4 Å². The van der Waals surface area contributed by atoms with Crippen LogP contribution in [-0.2, 0) is 20.9 Å². The zero-order valence-corrected chi connectivity index (χ0v) is 19.6. The van der Waals surface area contributed by atoms with E-state index in [9.17, 15) is 14.4 Å². The van der Waals surface area contributed by atoms with Crippen molar-refractivity contribution in [1.82, 2.24) is 9.88 Å². The molecule has 1 atom stereocenters. The zero-order chi connectivity index (χ0) is 23.9. The average Bonchev–Trinajstić information content (AvgIpc) is 3.54. The fraction of sp³-hybridized carbons (Fsp3) is 0.280. The maximum absolute atomic E-state index is 12.9. The first kappa shape index (κ1) is 23.4. The van der Waals surface area contributed by atoms with Crippen molar-refractivity contribution >= 4 is 40.1 Å². The lowest BCUT2D eigenvalue weighted by Gasteiger charge is -2.22. The number of likely N-dealkylation sites (tertiary alicyclic amines) is 1. The molecule has 4 rings (SSSR count). The number of thiazole rings is 1. The van der Waals surface area contributed by atoms with Crippen LogP contribution in [0.2, 0.25) is 0 Å². The lowest BCUT2D eigenvalue weighted by molar-refractivity contribution is -0.120. The first-order valence-electron chi connectivity index (χ1n) is 11.2. The monoisotopic (exact) mass is 478 g/mol. The van der Waals surface area contributed by atoms with Gasteiger partial charge in [-0.15, -0.1) is 11.3 Å². The van der Waals surface area contributed by atoms with E-state index in [0.29, 0.717) is 24.5 Å². The van der Waals surface area contributed by atoms with E-state index in [1.165, 1.54) is 16.2 Å². The van der Waals surface area contributed by atoms with E-state index in [-0.39, 0.29) is 18.4 Å². The Kier molecular flexibility index (Phi) is 7.54. The molecule has 1 aromatic heterocycles. The molecule has 9 heteroatoms. The molecule has 2 N–H and O–H groups in total. The largest absolute Gasteiger partial charge is 0.445 e. The van der Waals surface area contributed by atoms with E-state index in [1.54, 1.807) is 6.92 Å². The van der Waals surface area contributed by atoms with Crippen LogP contribution in [0, 0.1) is 0 Å². The number of rotatable bonds is 7. The van der Waals surface area contributed by atoms with Crippen molar-refractivity contribution in [1.29, 1.82) is 0 Å². The Morgan fingerprint density at radius 1 is 1.09 bits per heavy atom. The van der Waals surface area contributed by atoms with Crippen molar-refractivity contribution in [3.63, 3.8) is 0 Å². The van der Waals surface area contributed by atoms with Crippen LogP contribution in [0.1, 0.15) is 31.7 Å². The van der Waals surface area contributed by atoms with Gasteiger partial charge in [-0.1, -0.05) is 49.4 Å². The molecule has 2 heterocycles. The van der Waals surface area contributed by atoms with Gasteiger partial charge in [0, 0.05) is 29.6 Å². The summed E-state index contributed by atoms with van der Waals surface area (Å²) in [7, 11) is 0. The molecule has 1 aliphatic heterocycles. The fourth-order valence-corrected chi connectivity index (χ4v) is 4.41. The number of amides is 3. The SMILES string of the molecule is CCC(=O)Nc1ccc(-c2csc(NC(=O)C3CCCN3C(=O)OCc3ccccc3)n2)cc1. The van der Waals surface area contributed by atoms with Gasteiger partial charge >= 0.3 is 6.09 Å². The van der Waals surface area contributed by atoms with Crippen molar-refractivity contribution in [3.05, 3.63) is 65.5 Å². The Morgan fingerprint density at radius 2 is 1.85 bits per heavy atom. The lowest BCUT2D eigenvalue weighted by atomic mass is 10.1. The van der Waals surface area contributed by atoms with Crippen LogP contribution in [0.4, 0.5) is 15.6 Å². The Balaban J connectivity index is 1.34. The Hall–Kier alpha value is -3.72. The number of carbonyl (C=O) groups is 3. The number of carbonyl (C=O) groups excluding carboxylic acids is 3. The van der Waals surface area contributed by atoms with Crippen LogP contribution in [0.25, 0.3) is 11.3 Å². The van der Waals surface area contributed by atoms with Crippen LogP contribution >= 0.6 is 11.3 Å². The van der Waals surface area contributed by atoms with E-state index >= 15 is 0 Å². The molecule has 0 aliphatic carbocycles. The predicted molar refractivity (Wildman–Crippen MR) is 131 cm³/mol. The van der Waals surface area contributed by atoms with Gasteiger partial charge in [0.25, 0.3) is 0 Å². The molecule has 176 valence electrons. The molecule has 34 heavy (non-hydrogen) atoms. The molecule has 1 saturated heterocycles. The summed E-state index contributed by atoms with van der Waals surface area (Å²) < 4.78 is 5.41. The number of ether oxygens (including phenoxy) is 1. The molecule has 0 spiro atoms. The molecule has 0 saturated carbocycles. The van der Waals surface area contributed by atoms with Gasteiger partial charge in [-0.25, -0.2) is 9.78 Å². The predicted octanol–water partition coefficient (Wildman–Crippen LogP) is 4.90. The number of nitrogens with zero attached hydrogens (tertiary/aromatic N) is 2. The molecule has 0 bridgehead atoms. The second-order valence-electron chi connectivity index (χ2n) is 7.90. The van der Waals surface area contributed by atoms with Gasteiger partial charge in [-0.3, -0.25) is 14.5 Å². The third kappa shape index (κ3) is 5.79. The molecule has 3 amide bonds. The lowest BCUT2D eigenvalue weighted by Crippen LogP contribution is -2.43. The molecule has 2 aromatic carbocycles. The number of anilines is 2. The maximum Gasteiger partial charge on any atom is 0.410 e. The zero-order valence-electron chi connectivity index (χ0n) is 18.8. The van der Waals surface area contributed by atoms with Crippen molar-refractivity contribution < 1.29 is 19.1 Å². The van der Waals surface area contributed by atoms with E-state index in [0.717, 1.165) is 28.9 Å². The van der Waals surface area contributed by atoms with Crippen molar-refractivity contribution in [2.75, 3.05) is 17.2 Å². The Morgan fingerprint density at radius 3 is 2.59 bits per heavy atom. The highest BCUT2D eigenvalue weighted by molar-refractivity contribution is 7.14. The van der Waals surface area contributed by atoms with Gasteiger partial charge in [-0.05, 0) is 30.5 Å². The van der Waals surface area contributed by atoms with Gasteiger partial charge in [0.05, 0.1) is 5.69 Å². The first-order valence-corrected chi connectivity index (χ1v) is 12.1. The van der Waals surface area contributed by atoms with Gasteiger partial charge in [0.15, 0.2) is 5.13 Å². The molecule has 1 aliphatic rings. The highest BCUT2D eigenvalue weighted by Crippen LogP contribution is 2.27. The molecule has 1 fully saturated rings. The number of hydrogen-bond donors (Lipinski definition) is 2. The summed E-state index contributed by atoms with van der Waals surface area (Å²) >= 11 is 1.32. The average molecular weight is 479 g/mol. The minimum atomic E-state index is -0.586. The summed E-state index contributed by atoms with van der Waals surface area (Å²) in [6.45, 7) is 2.45. The summed E-state index contributed by atoms with van der Waals surface area (Å²) in [5.41, 5.74) is 3.21. The van der Waals surface area contributed by atoms with Gasteiger partial charge in [-0.2, -0.15) is 0 Å². The third-order valence-corrected chi connectivity index (χ3v) is 6.27. The van der Waals surface area contributed by atoms with Crippen molar-refractivity contribution in [2.45, 2.75) is 38.8 Å². The maximum atomic E-state index is 12.9. The molecular formula is C25H26N4O4S. The second-order valence-corrected chi connectivity index (χ2v) is 8.76. The quantitative estimate of drug-likeness (QED) is 0.503. The number of benzene rings is 2. The normalized spacial score (nSPS) is 15.1. The van der Waals surface area contributed by atoms with Crippen LogP contribution in [0.3, 0.4) is 0 Å². The third-order valence-electron chi connectivity index (χ3n) is 5.51. The van der Waals surface area contributed by atoms with E-state index in [1.807, 2.05) is 60.0 Å². The van der Waals surface area contributed by atoms with E-state index < -0.39 is 12.1 Å². The summed E-state index contributed by atoms with van der Waals surface area (Å²) in [4.78, 5) is 43.0. The number of nitrogens with one attached hydrogen (secondary N) is 2. The Labute approximate surface area is 202 Å². The van der Waals surface area contributed by atoms with Crippen LogP contribution in [0.5, 0.6) is 0 Å². The molecule has 0 radical (unpaired) electrons. The van der Waals surface area contributed by atoms with E-state index in [2.05, 4.69) is 15.6 Å².